The van der Waals surface area contributed by atoms with Crippen molar-refractivity contribution in [2.24, 2.45) is 10.7 Å². The number of ether oxygens (including phenoxy) is 1. The number of nitrogens with one attached hydrogen (secondary N) is 1. The van der Waals surface area contributed by atoms with Gasteiger partial charge in [-0.05, 0) is 36.8 Å². The van der Waals surface area contributed by atoms with Crippen LogP contribution in [-0.4, -0.2) is 22.3 Å². The van der Waals surface area contributed by atoms with Crippen LogP contribution in [0.3, 0.4) is 0 Å². The summed E-state index contributed by atoms with van der Waals surface area (Å²) in [6.45, 7) is 3.25. The largest absolute Gasteiger partial charge is 0.457 e. The molecule has 0 aliphatic carbocycles. The van der Waals surface area contributed by atoms with E-state index in [0.717, 1.165) is 22.7 Å². The first-order valence-corrected chi connectivity index (χ1v) is 8.08. The molecule has 3 rings (SSSR count). The lowest BCUT2D eigenvalue weighted by atomic mass is 10.3. The average Bonchev–Trinajstić information content (AvgIpc) is 3.01. The number of benzene rings is 2. The zero-order valence-corrected chi connectivity index (χ0v) is 14.1. The molecule has 2 aromatic carbocycles. The van der Waals surface area contributed by atoms with Gasteiger partial charge in [0.1, 0.15) is 11.5 Å². The number of hydrogen-bond donors (Lipinski definition) is 2. The Bertz CT molecular complexity index is 842. The number of aryl methyl sites for hydroxylation is 1. The van der Waals surface area contributed by atoms with Gasteiger partial charge in [0.2, 0.25) is 0 Å². The molecular weight excluding hydrogens is 314 g/mol. The molecule has 3 aromatic rings. The second kappa shape index (κ2) is 8.01. The monoisotopic (exact) mass is 335 g/mol. The second-order valence-corrected chi connectivity index (χ2v) is 5.62. The fourth-order valence-electron chi connectivity index (χ4n) is 2.31. The van der Waals surface area contributed by atoms with E-state index >= 15 is 0 Å². The van der Waals surface area contributed by atoms with Crippen molar-refractivity contribution in [3.8, 4) is 11.5 Å². The number of rotatable bonds is 6. The van der Waals surface area contributed by atoms with Gasteiger partial charge in [-0.25, -0.2) is 0 Å². The molecule has 0 atom stereocenters. The number of nitrogens with two attached hydrogens (primary N) is 1. The molecule has 6 heteroatoms. The molecule has 6 nitrogen and oxygen atoms in total. The minimum Gasteiger partial charge on any atom is -0.457 e. The van der Waals surface area contributed by atoms with Crippen molar-refractivity contribution in [3.05, 3.63) is 72.6 Å². The van der Waals surface area contributed by atoms with Gasteiger partial charge in [0.15, 0.2) is 5.96 Å². The lowest BCUT2D eigenvalue weighted by Gasteiger charge is -2.09. The summed E-state index contributed by atoms with van der Waals surface area (Å²) in [4.78, 5) is 4.32. The Morgan fingerprint density at radius 2 is 1.96 bits per heavy atom. The summed E-state index contributed by atoms with van der Waals surface area (Å²) >= 11 is 0. The van der Waals surface area contributed by atoms with Crippen molar-refractivity contribution in [2.75, 3.05) is 11.9 Å². The predicted octanol–water partition coefficient (Wildman–Crippen LogP) is 3.41. The fourth-order valence-corrected chi connectivity index (χ4v) is 2.31. The highest BCUT2D eigenvalue weighted by Gasteiger charge is 2.00. The van der Waals surface area contributed by atoms with Gasteiger partial charge in [-0.15, -0.1) is 0 Å². The van der Waals surface area contributed by atoms with E-state index in [1.807, 2.05) is 78.6 Å². The molecule has 0 fully saturated rings. The van der Waals surface area contributed by atoms with Gasteiger partial charge < -0.3 is 15.8 Å². The number of guanidine groups is 1. The molecular formula is C19H21N5O. The highest BCUT2D eigenvalue weighted by molar-refractivity contribution is 5.92. The molecule has 0 spiro atoms. The van der Waals surface area contributed by atoms with Gasteiger partial charge in [0.25, 0.3) is 0 Å². The highest BCUT2D eigenvalue weighted by atomic mass is 16.5. The quantitative estimate of drug-likeness (QED) is 0.534. The molecule has 0 aliphatic rings. The lowest BCUT2D eigenvalue weighted by Crippen LogP contribution is -2.23. The van der Waals surface area contributed by atoms with Crippen LogP contribution in [0.1, 0.15) is 5.56 Å². The Hall–Kier alpha value is -3.28. The zero-order valence-electron chi connectivity index (χ0n) is 14.1. The molecule has 0 radical (unpaired) electrons. The predicted molar refractivity (Wildman–Crippen MR) is 100 cm³/mol. The summed E-state index contributed by atoms with van der Waals surface area (Å²) in [5.74, 6) is 1.88. The summed E-state index contributed by atoms with van der Waals surface area (Å²) in [5, 5.41) is 7.30. The summed E-state index contributed by atoms with van der Waals surface area (Å²) in [7, 11) is 0. The normalized spacial score (nSPS) is 11.3. The molecule has 0 saturated heterocycles. The van der Waals surface area contributed by atoms with E-state index in [-0.39, 0.29) is 0 Å². The molecule has 0 aliphatic heterocycles. The zero-order chi connectivity index (χ0) is 17.5. The first-order chi connectivity index (χ1) is 12.2. The number of aromatic nitrogens is 2. The number of aliphatic imine (C=N–C) groups is 1. The molecule has 0 amide bonds. The fraction of sp³-hybridized carbons (Fsp3) is 0.158. The molecule has 1 aromatic heterocycles. The summed E-state index contributed by atoms with van der Waals surface area (Å²) in [5.41, 5.74) is 7.90. The van der Waals surface area contributed by atoms with Crippen LogP contribution in [0.15, 0.2) is 72.0 Å². The van der Waals surface area contributed by atoms with Crippen molar-refractivity contribution in [1.82, 2.24) is 9.78 Å². The molecule has 3 N–H and O–H groups in total. The first kappa shape index (κ1) is 16.6. The standard InChI is InChI=1S/C19H21N5O/c1-15-13-22-24(14-15)11-10-21-19(20)23-16-6-5-9-18(12-16)25-17-7-3-2-4-8-17/h2-9,12-14H,10-11H2,1H3,(H3,20,21,23). The second-order valence-electron chi connectivity index (χ2n) is 5.62. The Balaban J connectivity index is 1.56. The average molecular weight is 335 g/mol. The third kappa shape index (κ3) is 5.10. The van der Waals surface area contributed by atoms with Gasteiger partial charge in [0.05, 0.1) is 19.3 Å². The van der Waals surface area contributed by atoms with Gasteiger partial charge in [-0.2, -0.15) is 5.10 Å². The third-order valence-corrected chi connectivity index (χ3v) is 3.46. The third-order valence-electron chi connectivity index (χ3n) is 3.46. The van der Waals surface area contributed by atoms with E-state index in [1.54, 1.807) is 0 Å². The van der Waals surface area contributed by atoms with Crippen molar-refractivity contribution < 1.29 is 4.74 Å². The van der Waals surface area contributed by atoms with Crippen LogP contribution in [0.5, 0.6) is 11.5 Å². The lowest BCUT2D eigenvalue weighted by molar-refractivity contribution is 0.483. The molecule has 0 bridgehead atoms. The van der Waals surface area contributed by atoms with E-state index in [9.17, 15) is 0 Å². The Morgan fingerprint density at radius 1 is 1.16 bits per heavy atom. The maximum Gasteiger partial charge on any atom is 0.193 e. The van der Waals surface area contributed by atoms with E-state index in [0.29, 0.717) is 19.0 Å². The summed E-state index contributed by atoms with van der Waals surface area (Å²) in [6, 6.07) is 17.2. The smallest absolute Gasteiger partial charge is 0.193 e. The number of hydrogen-bond acceptors (Lipinski definition) is 3. The van der Waals surface area contributed by atoms with Crippen LogP contribution in [0.4, 0.5) is 5.69 Å². The van der Waals surface area contributed by atoms with Crippen LogP contribution in [0, 0.1) is 6.92 Å². The molecule has 25 heavy (non-hydrogen) atoms. The SMILES string of the molecule is Cc1cnn(CCN=C(N)Nc2cccc(Oc3ccccc3)c2)c1. The molecule has 0 saturated carbocycles. The minimum absolute atomic E-state index is 0.362. The van der Waals surface area contributed by atoms with Gasteiger partial charge >= 0.3 is 0 Å². The topological polar surface area (TPSA) is 77.5 Å². The highest BCUT2D eigenvalue weighted by Crippen LogP contribution is 2.23. The summed E-state index contributed by atoms with van der Waals surface area (Å²) < 4.78 is 7.66. The van der Waals surface area contributed by atoms with Crippen LogP contribution in [-0.2, 0) is 6.54 Å². The van der Waals surface area contributed by atoms with Crippen molar-refractivity contribution in [3.63, 3.8) is 0 Å². The van der Waals surface area contributed by atoms with Gasteiger partial charge in [-0.3, -0.25) is 9.67 Å². The maximum atomic E-state index is 5.95. The van der Waals surface area contributed by atoms with Crippen molar-refractivity contribution in [2.45, 2.75) is 13.5 Å². The molecule has 0 unspecified atom stereocenters. The summed E-state index contributed by atoms with van der Waals surface area (Å²) in [6.07, 6.45) is 3.80. The van der Waals surface area contributed by atoms with E-state index in [4.69, 9.17) is 10.5 Å². The van der Waals surface area contributed by atoms with Gasteiger partial charge in [0, 0.05) is 18.0 Å². The Morgan fingerprint density at radius 3 is 2.72 bits per heavy atom. The maximum absolute atomic E-state index is 5.95. The van der Waals surface area contributed by atoms with E-state index in [1.165, 1.54) is 0 Å². The van der Waals surface area contributed by atoms with Crippen LogP contribution < -0.4 is 15.8 Å². The van der Waals surface area contributed by atoms with E-state index in [2.05, 4.69) is 15.4 Å². The number of nitrogens with zero attached hydrogens (tertiary/aromatic N) is 3. The van der Waals surface area contributed by atoms with Crippen molar-refractivity contribution in [1.29, 1.82) is 0 Å². The van der Waals surface area contributed by atoms with Gasteiger partial charge in [-0.1, -0.05) is 24.3 Å². The van der Waals surface area contributed by atoms with Crippen LogP contribution in [0.2, 0.25) is 0 Å². The number of anilines is 1. The van der Waals surface area contributed by atoms with Crippen molar-refractivity contribution >= 4 is 11.6 Å². The van der Waals surface area contributed by atoms with Crippen LogP contribution in [0.25, 0.3) is 0 Å². The Labute approximate surface area is 147 Å². The van der Waals surface area contributed by atoms with E-state index < -0.39 is 0 Å². The van der Waals surface area contributed by atoms with Crippen LogP contribution >= 0.6 is 0 Å². The molecule has 128 valence electrons. The molecule has 1 heterocycles. The number of para-hydroxylation sites is 1. The Kier molecular flexibility index (Phi) is 5.31. The first-order valence-electron chi connectivity index (χ1n) is 8.08. The minimum atomic E-state index is 0.362.